The van der Waals surface area contributed by atoms with Crippen LogP contribution in [-0.4, -0.2) is 54.7 Å². The van der Waals surface area contributed by atoms with Gasteiger partial charge in [-0.15, -0.1) is 5.46 Å². The van der Waals surface area contributed by atoms with Gasteiger partial charge in [-0.1, -0.05) is 11.6 Å². The maximum Gasteiger partial charge on any atom is 0.509 e. The van der Waals surface area contributed by atoms with Gasteiger partial charge in [-0.3, -0.25) is 4.90 Å². The van der Waals surface area contributed by atoms with Gasteiger partial charge in [0.2, 0.25) is 0 Å². The van der Waals surface area contributed by atoms with Crippen molar-refractivity contribution in [2.24, 2.45) is 0 Å². The van der Waals surface area contributed by atoms with Gasteiger partial charge < -0.3 is 28.3 Å². The molecule has 2 rings (SSSR count). The molecular formula is C17H26BF3N3O2-. The molecule has 0 bridgehead atoms. The Labute approximate surface area is 152 Å². The Hall–Kier alpha value is -1.90. The number of hydrogen-bond acceptors (Lipinski definition) is 4. The quantitative estimate of drug-likeness (QED) is 0.655. The minimum absolute atomic E-state index is 0.118. The van der Waals surface area contributed by atoms with Crippen molar-refractivity contribution in [2.75, 3.05) is 31.9 Å². The number of nitrogens with zero attached hydrogens (tertiary/aromatic N) is 2. The summed E-state index contributed by atoms with van der Waals surface area (Å²) >= 11 is 0. The van der Waals surface area contributed by atoms with Crippen molar-refractivity contribution in [2.45, 2.75) is 39.8 Å². The lowest BCUT2D eigenvalue weighted by molar-refractivity contribution is 0.0139. The average molecular weight is 372 g/mol. The van der Waals surface area contributed by atoms with Gasteiger partial charge in [0.25, 0.3) is 0 Å². The normalized spacial score (nSPS) is 16.7. The van der Waals surface area contributed by atoms with Crippen LogP contribution in [0.2, 0.25) is 0 Å². The van der Waals surface area contributed by atoms with Gasteiger partial charge in [0, 0.05) is 38.4 Å². The van der Waals surface area contributed by atoms with Crippen LogP contribution >= 0.6 is 0 Å². The van der Waals surface area contributed by atoms with E-state index in [0.717, 1.165) is 6.07 Å². The zero-order chi connectivity index (χ0) is 19.7. The summed E-state index contributed by atoms with van der Waals surface area (Å²) in [5.41, 5.74) is 5.40. The van der Waals surface area contributed by atoms with Gasteiger partial charge in [-0.05, 0) is 39.3 Å². The highest BCUT2D eigenvalue weighted by molar-refractivity contribution is 6.74. The fourth-order valence-electron chi connectivity index (χ4n) is 2.98. The molecule has 146 valence electrons. The number of hydrogen-bond donors (Lipinski definition) is 1. The molecule has 1 saturated heterocycles. The fourth-order valence-corrected chi connectivity index (χ4v) is 2.98. The summed E-state index contributed by atoms with van der Waals surface area (Å²) in [6, 6.07) is 2.60. The van der Waals surface area contributed by atoms with Crippen LogP contribution in [0.3, 0.4) is 0 Å². The topological polar surface area (TPSA) is 58.8 Å². The molecule has 0 aromatic heterocycles. The van der Waals surface area contributed by atoms with E-state index in [-0.39, 0.29) is 17.3 Å². The second-order valence-corrected chi connectivity index (χ2v) is 7.71. The number of benzene rings is 1. The highest BCUT2D eigenvalue weighted by atomic mass is 19.4. The number of ether oxygens (including phenoxy) is 1. The smallest absolute Gasteiger partial charge is 0.445 e. The summed E-state index contributed by atoms with van der Waals surface area (Å²) in [4.78, 5) is 15.7. The van der Waals surface area contributed by atoms with Crippen molar-refractivity contribution >= 4 is 24.2 Å². The van der Waals surface area contributed by atoms with Crippen LogP contribution in [0.5, 0.6) is 0 Å². The second kappa shape index (κ2) is 7.38. The van der Waals surface area contributed by atoms with Crippen LogP contribution in [0, 0.1) is 6.92 Å². The predicted octanol–water partition coefficient (Wildman–Crippen LogP) is 2.68. The zero-order valence-electron chi connectivity index (χ0n) is 15.7. The molecule has 5 nitrogen and oxygen atoms in total. The second-order valence-electron chi connectivity index (χ2n) is 7.71. The highest BCUT2D eigenvalue weighted by Gasteiger charge is 2.30. The van der Waals surface area contributed by atoms with Gasteiger partial charge in [-0.2, -0.15) is 0 Å². The molecule has 0 atom stereocenters. The molecule has 1 fully saturated rings. The molecule has 0 saturated carbocycles. The number of halogens is 3. The molecule has 1 amide bonds. The molecule has 1 aromatic rings. The number of nitrogens with two attached hydrogens (primary N) is 1. The lowest BCUT2D eigenvalue weighted by Crippen LogP contribution is -2.49. The summed E-state index contributed by atoms with van der Waals surface area (Å²) in [5, 5.41) is 0. The number of anilines is 1. The lowest BCUT2D eigenvalue weighted by Gasteiger charge is -2.36. The number of amides is 1. The Morgan fingerprint density at radius 3 is 2.27 bits per heavy atom. The molecule has 1 aliphatic rings. The first-order valence-electron chi connectivity index (χ1n) is 8.66. The van der Waals surface area contributed by atoms with Gasteiger partial charge in [0.1, 0.15) is 5.60 Å². The Balaban J connectivity index is 2.02. The molecule has 9 heteroatoms. The molecule has 1 aliphatic heterocycles. The highest BCUT2D eigenvalue weighted by Crippen LogP contribution is 2.20. The van der Waals surface area contributed by atoms with E-state index in [4.69, 9.17) is 10.5 Å². The van der Waals surface area contributed by atoms with E-state index in [9.17, 15) is 17.7 Å². The van der Waals surface area contributed by atoms with Crippen molar-refractivity contribution in [3.63, 3.8) is 0 Å². The molecule has 1 heterocycles. The summed E-state index contributed by atoms with van der Waals surface area (Å²) in [6.07, 6.45) is -0.362. The van der Waals surface area contributed by atoms with Crippen molar-refractivity contribution < 1.29 is 22.5 Å². The van der Waals surface area contributed by atoms with Crippen LogP contribution in [-0.2, 0) is 11.3 Å². The van der Waals surface area contributed by atoms with Gasteiger partial charge >= 0.3 is 13.1 Å². The van der Waals surface area contributed by atoms with E-state index >= 15 is 0 Å². The molecule has 0 radical (unpaired) electrons. The van der Waals surface area contributed by atoms with Crippen molar-refractivity contribution in [3.8, 4) is 0 Å². The molecule has 0 spiro atoms. The van der Waals surface area contributed by atoms with Gasteiger partial charge in [0.15, 0.2) is 0 Å². The SMILES string of the molecule is Cc1c(CN2CCN(C(=O)OC(C)(C)C)CC2)cc(N)cc1[B-](F)(F)F. The first kappa shape index (κ1) is 20.4. The predicted molar refractivity (Wildman–Crippen MR) is 97.4 cm³/mol. The first-order chi connectivity index (χ1) is 11.9. The minimum Gasteiger partial charge on any atom is -0.445 e. The first-order valence-corrected chi connectivity index (χ1v) is 8.66. The van der Waals surface area contributed by atoms with Crippen LogP contribution < -0.4 is 11.2 Å². The van der Waals surface area contributed by atoms with Crippen molar-refractivity contribution in [1.29, 1.82) is 0 Å². The molecule has 0 unspecified atom stereocenters. The van der Waals surface area contributed by atoms with Crippen molar-refractivity contribution in [3.05, 3.63) is 23.3 Å². The number of nitrogen functional groups attached to an aromatic ring is 1. The lowest BCUT2D eigenvalue weighted by atomic mass is 9.75. The van der Waals surface area contributed by atoms with Gasteiger partial charge in [-0.25, -0.2) is 4.79 Å². The number of rotatable bonds is 3. The maximum atomic E-state index is 13.2. The van der Waals surface area contributed by atoms with Crippen LogP contribution in [0.25, 0.3) is 0 Å². The molecule has 2 N–H and O–H groups in total. The largest absolute Gasteiger partial charge is 0.509 e. The number of carbonyl (C=O) groups excluding carboxylic acids is 1. The number of carbonyl (C=O) groups is 1. The molecule has 26 heavy (non-hydrogen) atoms. The van der Waals surface area contributed by atoms with Crippen LogP contribution in [0.4, 0.5) is 23.4 Å². The van der Waals surface area contributed by atoms with Crippen LogP contribution in [0.1, 0.15) is 31.9 Å². The van der Waals surface area contributed by atoms with E-state index in [1.165, 1.54) is 6.92 Å². The van der Waals surface area contributed by atoms with Gasteiger partial charge in [0.05, 0.1) is 0 Å². The molecule has 0 aliphatic carbocycles. The standard InChI is InChI=1S/C17H26BF3N3O2/c1-12-13(9-14(22)10-15(12)18(19,20)21)11-23-5-7-24(8-6-23)16(25)26-17(2,3)4/h9-10H,5-8,11,22H2,1-4H3/q-1. The Morgan fingerprint density at radius 2 is 1.77 bits per heavy atom. The summed E-state index contributed by atoms with van der Waals surface area (Å²) in [5.74, 6) is 0. The monoisotopic (exact) mass is 372 g/mol. The number of piperazine rings is 1. The Bertz CT molecular complexity index is 666. The maximum absolute atomic E-state index is 13.2. The summed E-state index contributed by atoms with van der Waals surface area (Å²) in [7, 11) is 0. The molecule has 1 aromatic carbocycles. The van der Waals surface area contributed by atoms with E-state index in [2.05, 4.69) is 0 Å². The average Bonchev–Trinajstić information content (AvgIpc) is 2.48. The fraction of sp³-hybridized carbons (Fsp3) is 0.588. The van der Waals surface area contributed by atoms with E-state index in [1.807, 2.05) is 25.7 Å². The third-order valence-electron chi connectivity index (χ3n) is 4.35. The van der Waals surface area contributed by atoms with Crippen LogP contribution in [0.15, 0.2) is 12.1 Å². The van der Waals surface area contributed by atoms with E-state index < -0.39 is 18.0 Å². The molecular weight excluding hydrogens is 346 g/mol. The summed E-state index contributed by atoms with van der Waals surface area (Å²) in [6.45, 7) is 4.28. The zero-order valence-corrected chi connectivity index (χ0v) is 15.7. The summed E-state index contributed by atoms with van der Waals surface area (Å²) < 4.78 is 44.9. The third-order valence-corrected chi connectivity index (χ3v) is 4.35. The Kier molecular flexibility index (Phi) is 5.80. The third kappa shape index (κ3) is 5.30. The Morgan fingerprint density at radius 1 is 1.19 bits per heavy atom. The van der Waals surface area contributed by atoms with E-state index in [0.29, 0.717) is 38.3 Å². The van der Waals surface area contributed by atoms with E-state index in [1.54, 1.807) is 11.0 Å². The minimum atomic E-state index is -5.10. The van der Waals surface area contributed by atoms with Crippen molar-refractivity contribution in [1.82, 2.24) is 9.80 Å².